The van der Waals surface area contributed by atoms with Gasteiger partial charge in [0.15, 0.2) is 6.10 Å². The SMILES string of the molecule is Cc1ccc(SCC(=O)O[C@@H](C)C(=O)N2CC(=O)Nc3ccccc32)c(C)c1. The Labute approximate surface area is 168 Å². The second-order valence-corrected chi connectivity index (χ2v) is 7.70. The number of rotatable bonds is 5. The summed E-state index contributed by atoms with van der Waals surface area (Å²) in [5.41, 5.74) is 3.42. The normalized spacial score (nSPS) is 14.1. The van der Waals surface area contributed by atoms with E-state index in [9.17, 15) is 14.4 Å². The van der Waals surface area contributed by atoms with Crippen molar-refractivity contribution < 1.29 is 19.1 Å². The van der Waals surface area contributed by atoms with Gasteiger partial charge in [-0.1, -0.05) is 29.8 Å². The molecule has 2 aromatic carbocycles. The lowest BCUT2D eigenvalue weighted by Gasteiger charge is -2.30. The standard InChI is InChI=1S/C21H22N2O4S/c1-13-8-9-18(14(2)10-13)28-12-20(25)27-15(3)21(26)23-11-19(24)22-16-6-4-5-7-17(16)23/h4-10,15H,11-12H2,1-3H3,(H,22,24)/t15-/m0/s1. The number of amides is 2. The van der Waals surface area contributed by atoms with E-state index in [1.807, 2.05) is 26.0 Å². The number of nitrogens with one attached hydrogen (secondary N) is 1. The molecular weight excluding hydrogens is 376 g/mol. The molecule has 146 valence electrons. The van der Waals surface area contributed by atoms with E-state index in [1.54, 1.807) is 24.3 Å². The smallest absolute Gasteiger partial charge is 0.317 e. The summed E-state index contributed by atoms with van der Waals surface area (Å²) in [6, 6.07) is 13.1. The van der Waals surface area contributed by atoms with Gasteiger partial charge in [0.1, 0.15) is 6.54 Å². The number of nitrogens with zero attached hydrogens (tertiary/aromatic N) is 1. The highest BCUT2D eigenvalue weighted by atomic mass is 32.2. The highest BCUT2D eigenvalue weighted by Crippen LogP contribution is 2.29. The largest absolute Gasteiger partial charge is 0.452 e. The highest BCUT2D eigenvalue weighted by Gasteiger charge is 2.31. The monoisotopic (exact) mass is 398 g/mol. The van der Waals surface area contributed by atoms with Crippen LogP contribution in [-0.4, -0.2) is 36.2 Å². The summed E-state index contributed by atoms with van der Waals surface area (Å²) in [5, 5.41) is 2.73. The molecule has 1 aliphatic rings. The third kappa shape index (κ3) is 4.54. The minimum atomic E-state index is -0.980. The second kappa shape index (κ2) is 8.48. The van der Waals surface area contributed by atoms with Gasteiger partial charge in [-0.15, -0.1) is 11.8 Å². The van der Waals surface area contributed by atoms with Crippen molar-refractivity contribution in [3.05, 3.63) is 53.6 Å². The van der Waals surface area contributed by atoms with Gasteiger partial charge in [-0.05, 0) is 44.5 Å². The molecule has 0 bridgehead atoms. The number of ether oxygens (including phenoxy) is 1. The van der Waals surface area contributed by atoms with Gasteiger partial charge in [-0.25, -0.2) is 0 Å². The molecule has 0 spiro atoms. The first-order valence-corrected chi connectivity index (χ1v) is 9.93. The molecule has 1 atom stereocenters. The van der Waals surface area contributed by atoms with E-state index in [0.717, 1.165) is 16.0 Å². The highest BCUT2D eigenvalue weighted by molar-refractivity contribution is 8.00. The number of fused-ring (bicyclic) bond motifs is 1. The van der Waals surface area contributed by atoms with Crippen LogP contribution in [0, 0.1) is 13.8 Å². The maximum Gasteiger partial charge on any atom is 0.317 e. The molecule has 1 heterocycles. The average Bonchev–Trinajstić information content (AvgIpc) is 2.66. The van der Waals surface area contributed by atoms with E-state index in [2.05, 4.69) is 11.4 Å². The Morgan fingerprint density at radius 2 is 1.96 bits per heavy atom. The number of aryl methyl sites for hydroxylation is 2. The van der Waals surface area contributed by atoms with Gasteiger partial charge in [-0.3, -0.25) is 19.3 Å². The number of para-hydroxylation sites is 2. The Bertz CT molecular complexity index is 928. The lowest BCUT2D eigenvalue weighted by atomic mass is 10.1. The lowest BCUT2D eigenvalue weighted by Crippen LogP contribution is -2.47. The minimum absolute atomic E-state index is 0.102. The van der Waals surface area contributed by atoms with Crippen molar-refractivity contribution in [2.45, 2.75) is 31.8 Å². The van der Waals surface area contributed by atoms with Crippen molar-refractivity contribution in [3.8, 4) is 0 Å². The molecule has 0 aromatic heterocycles. The fraction of sp³-hybridized carbons (Fsp3) is 0.286. The molecule has 0 fully saturated rings. The molecule has 0 saturated carbocycles. The Hall–Kier alpha value is -2.80. The predicted octanol–water partition coefficient (Wildman–Crippen LogP) is 3.31. The molecule has 28 heavy (non-hydrogen) atoms. The number of esters is 1. The first-order valence-electron chi connectivity index (χ1n) is 8.95. The van der Waals surface area contributed by atoms with E-state index in [-0.39, 0.29) is 18.2 Å². The van der Waals surface area contributed by atoms with Crippen molar-refractivity contribution in [1.82, 2.24) is 0 Å². The summed E-state index contributed by atoms with van der Waals surface area (Å²) in [6.45, 7) is 5.43. The predicted molar refractivity (Wildman–Crippen MR) is 110 cm³/mol. The minimum Gasteiger partial charge on any atom is -0.452 e. The van der Waals surface area contributed by atoms with Gasteiger partial charge >= 0.3 is 5.97 Å². The van der Waals surface area contributed by atoms with Crippen LogP contribution in [0.3, 0.4) is 0 Å². The Balaban J connectivity index is 1.61. The summed E-state index contributed by atoms with van der Waals surface area (Å²) < 4.78 is 5.32. The summed E-state index contributed by atoms with van der Waals surface area (Å²) in [7, 11) is 0. The third-order valence-corrected chi connectivity index (χ3v) is 5.52. The van der Waals surface area contributed by atoms with Crippen molar-refractivity contribution in [3.63, 3.8) is 0 Å². The molecule has 7 heteroatoms. The number of hydrogen-bond acceptors (Lipinski definition) is 5. The van der Waals surface area contributed by atoms with Crippen LogP contribution in [0.4, 0.5) is 11.4 Å². The molecule has 2 amide bonds. The molecule has 2 aromatic rings. The summed E-state index contributed by atoms with van der Waals surface area (Å²) >= 11 is 1.38. The Kier molecular flexibility index (Phi) is 6.04. The zero-order chi connectivity index (χ0) is 20.3. The number of anilines is 2. The molecule has 0 radical (unpaired) electrons. The molecule has 6 nitrogen and oxygen atoms in total. The molecule has 3 rings (SSSR count). The van der Waals surface area contributed by atoms with E-state index < -0.39 is 18.0 Å². The van der Waals surface area contributed by atoms with Crippen LogP contribution >= 0.6 is 11.8 Å². The van der Waals surface area contributed by atoms with Crippen molar-refractivity contribution in [2.75, 3.05) is 22.5 Å². The van der Waals surface area contributed by atoms with Gasteiger partial charge in [0, 0.05) is 4.90 Å². The second-order valence-electron chi connectivity index (χ2n) is 6.68. The third-order valence-electron chi connectivity index (χ3n) is 4.37. The number of thioether (sulfide) groups is 1. The zero-order valence-corrected chi connectivity index (χ0v) is 16.8. The van der Waals surface area contributed by atoms with Gasteiger partial charge in [0.25, 0.3) is 5.91 Å². The summed E-state index contributed by atoms with van der Waals surface area (Å²) in [5.74, 6) is -1.07. The lowest BCUT2D eigenvalue weighted by molar-refractivity contribution is -0.151. The van der Waals surface area contributed by atoms with Gasteiger partial charge in [0.2, 0.25) is 5.91 Å². The van der Waals surface area contributed by atoms with Crippen molar-refractivity contribution >= 4 is 40.9 Å². The van der Waals surface area contributed by atoms with Crippen LogP contribution < -0.4 is 10.2 Å². The molecule has 0 saturated heterocycles. The maximum absolute atomic E-state index is 12.8. The molecule has 1 N–H and O–H groups in total. The first kappa shape index (κ1) is 19.9. The Morgan fingerprint density at radius 1 is 1.21 bits per heavy atom. The zero-order valence-electron chi connectivity index (χ0n) is 16.0. The molecule has 0 unspecified atom stereocenters. The molecular formula is C21H22N2O4S. The van der Waals surface area contributed by atoms with Crippen LogP contribution in [0.1, 0.15) is 18.1 Å². The van der Waals surface area contributed by atoms with Crippen LogP contribution in [0.2, 0.25) is 0 Å². The number of hydrogen-bond donors (Lipinski definition) is 1. The summed E-state index contributed by atoms with van der Waals surface area (Å²) in [6.07, 6.45) is -0.980. The van der Waals surface area contributed by atoms with E-state index in [4.69, 9.17) is 4.74 Å². The van der Waals surface area contributed by atoms with Gasteiger partial charge in [0.05, 0.1) is 17.1 Å². The van der Waals surface area contributed by atoms with Crippen LogP contribution in [0.5, 0.6) is 0 Å². The van der Waals surface area contributed by atoms with Crippen LogP contribution in [0.15, 0.2) is 47.4 Å². The van der Waals surface area contributed by atoms with Crippen LogP contribution in [-0.2, 0) is 19.1 Å². The number of carbonyl (C=O) groups excluding carboxylic acids is 3. The van der Waals surface area contributed by atoms with Crippen molar-refractivity contribution in [1.29, 1.82) is 0 Å². The Morgan fingerprint density at radius 3 is 2.71 bits per heavy atom. The first-order chi connectivity index (χ1) is 13.3. The average molecular weight is 398 g/mol. The number of carbonyl (C=O) groups is 3. The van der Waals surface area contributed by atoms with Gasteiger partial charge in [-0.2, -0.15) is 0 Å². The molecule has 1 aliphatic heterocycles. The fourth-order valence-electron chi connectivity index (χ4n) is 3.03. The quantitative estimate of drug-likeness (QED) is 0.618. The summed E-state index contributed by atoms with van der Waals surface area (Å²) in [4.78, 5) is 39.2. The molecule has 0 aliphatic carbocycles. The van der Waals surface area contributed by atoms with E-state index in [1.165, 1.54) is 23.6 Å². The van der Waals surface area contributed by atoms with Crippen molar-refractivity contribution in [2.24, 2.45) is 0 Å². The number of benzene rings is 2. The van der Waals surface area contributed by atoms with Gasteiger partial charge < -0.3 is 10.1 Å². The van der Waals surface area contributed by atoms with E-state index >= 15 is 0 Å². The topological polar surface area (TPSA) is 75.7 Å². The van der Waals surface area contributed by atoms with E-state index in [0.29, 0.717) is 11.4 Å². The fourth-order valence-corrected chi connectivity index (χ4v) is 3.82. The van der Waals surface area contributed by atoms with Crippen LogP contribution in [0.25, 0.3) is 0 Å². The maximum atomic E-state index is 12.8.